The van der Waals surface area contributed by atoms with Crippen molar-refractivity contribution in [3.05, 3.63) is 64.1 Å². The number of carbonyl (C=O) groups is 2. The van der Waals surface area contributed by atoms with Gasteiger partial charge in [0.2, 0.25) is 0 Å². The Morgan fingerprint density at radius 2 is 2.13 bits per heavy atom. The number of thioether (sulfide) groups is 1. The third-order valence-electron chi connectivity index (χ3n) is 4.74. The summed E-state index contributed by atoms with van der Waals surface area (Å²) in [6, 6.07) is 9.25. The highest BCUT2D eigenvalue weighted by molar-refractivity contribution is 7.98. The number of hydrogen-bond acceptors (Lipinski definition) is 7. The van der Waals surface area contributed by atoms with Gasteiger partial charge in [-0.15, -0.1) is 11.8 Å². The normalized spacial score (nSPS) is 13.2. The number of methoxy groups -OCH3 is 1. The summed E-state index contributed by atoms with van der Waals surface area (Å²) in [5, 5.41) is 9.96. The smallest absolute Gasteiger partial charge is 0.341 e. The van der Waals surface area contributed by atoms with Crippen molar-refractivity contribution in [2.24, 2.45) is 0 Å². The molecule has 8 nitrogen and oxygen atoms in total. The molecule has 3 aromatic rings. The molecule has 2 N–H and O–H groups in total. The number of nitrogens with zero attached hydrogens (tertiary/aromatic N) is 2. The minimum Gasteiger partial charge on any atom is -0.468 e. The van der Waals surface area contributed by atoms with Gasteiger partial charge in [0, 0.05) is 10.9 Å². The van der Waals surface area contributed by atoms with Crippen LogP contribution in [0.5, 0.6) is 0 Å². The second-order valence-corrected chi connectivity index (χ2v) is 8.17. The molecule has 2 heterocycles. The van der Waals surface area contributed by atoms with Gasteiger partial charge in [-0.3, -0.25) is 14.5 Å². The summed E-state index contributed by atoms with van der Waals surface area (Å²) < 4.78 is 12.7. The van der Waals surface area contributed by atoms with E-state index in [1.165, 1.54) is 25.1 Å². The Bertz CT molecular complexity index is 1130. The summed E-state index contributed by atoms with van der Waals surface area (Å²) in [4.78, 5) is 25.4. The van der Waals surface area contributed by atoms with Crippen molar-refractivity contribution in [3.63, 3.8) is 0 Å². The molecule has 1 saturated carbocycles. The minimum absolute atomic E-state index is 0.206. The van der Waals surface area contributed by atoms with E-state index in [0.717, 1.165) is 23.6 Å². The van der Waals surface area contributed by atoms with Crippen molar-refractivity contribution in [1.82, 2.24) is 20.1 Å². The number of esters is 1. The van der Waals surface area contributed by atoms with Gasteiger partial charge in [-0.05, 0) is 43.3 Å². The number of carbonyl (C=O) groups excluding carboxylic acids is 2. The lowest BCUT2D eigenvalue weighted by molar-refractivity contribution is 0.0598. The first-order chi connectivity index (χ1) is 14.6. The van der Waals surface area contributed by atoms with Crippen molar-refractivity contribution in [2.75, 3.05) is 7.11 Å². The molecule has 1 aliphatic carbocycles. The Kier molecular flexibility index (Phi) is 6.05. The summed E-state index contributed by atoms with van der Waals surface area (Å²) in [7, 11) is 1.33. The second kappa shape index (κ2) is 8.88. The molecule has 1 aromatic carbocycles. The lowest BCUT2D eigenvalue weighted by Gasteiger charge is -2.10. The van der Waals surface area contributed by atoms with E-state index < -0.39 is 5.97 Å². The van der Waals surface area contributed by atoms with Gasteiger partial charge >= 0.3 is 5.97 Å². The van der Waals surface area contributed by atoms with E-state index in [2.05, 4.69) is 15.5 Å². The molecule has 30 heavy (non-hydrogen) atoms. The van der Waals surface area contributed by atoms with Crippen LogP contribution < -0.4 is 5.32 Å². The van der Waals surface area contributed by atoms with Crippen LogP contribution in [0, 0.1) is 4.77 Å². The SMILES string of the molecule is COC(=O)c1ccoc1CSc1ccccc1C(=O)NCc1n[nH]c(=S)n1C1CC1. The number of rotatable bonds is 8. The zero-order chi connectivity index (χ0) is 21.1. The fourth-order valence-electron chi connectivity index (χ4n) is 3.09. The van der Waals surface area contributed by atoms with Crippen LogP contribution in [0.3, 0.4) is 0 Å². The maximum absolute atomic E-state index is 12.8. The maximum atomic E-state index is 12.8. The van der Waals surface area contributed by atoms with Gasteiger partial charge in [-0.1, -0.05) is 12.1 Å². The van der Waals surface area contributed by atoms with E-state index in [0.29, 0.717) is 33.5 Å². The highest BCUT2D eigenvalue weighted by Crippen LogP contribution is 2.35. The van der Waals surface area contributed by atoms with E-state index >= 15 is 0 Å². The Balaban J connectivity index is 1.44. The lowest BCUT2D eigenvalue weighted by atomic mass is 10.2. The minimum atomic E-state index is -0.450. The van der Waals surface area contributed by atoms with Crippen LogP contribution in [-0.2, 0) is 17.0 Å². The van der Waals surface area contributed by atoms with Gasteiger partial charge in [0.25, 0.3) is 5.91 Å². The molecule has 2 aromatic heterocycles. The first kappa shape index (κ1) is 20.4. The number of nitrogens with one attached hydrogen (secondary N) is 2. The Hall–Kier alpha value is -2.85. The molecule has 0 saturated heterocycles. The zero-order valence-electron chi connectivity index (χ0n) is 16.2. The number of furan rings is 1. The summed E-state index contributed by atoms with van der Waals surface area (Å²) >= 11 is 6.69. The monoisotopic (exact) mass is 444 g/mol. The van der Waals surface area contributed by atoms with Crippen LogP contribution in [0.4, 0.5) is 0 Å². The van der Waals surface area contributed by atoms with E-state index in [-0.39, 0.29) is 12.5 Å². The largest absolute Gasteiger partial charge is 0.468 e. The quantitative estimate of drug-likeness (QED) is 0.309. The summed E-state index contributed by atoms with van der Waals surface area (Å²) in [6.45, 7) is 0.284. The standard InChI is InChI=1S/C20H20N4O4S2/c1-27-19(26)13-8-9-28-15(13)11-30-16-5-3-2-4-14(16)18(25)21-10-17-22-23-20(29)24(17)12-6-7-12/h2-5,8-9,12H,6-7,10-11H2,1H3,(H,21,25)(H,23,29). The van der Waals surface area contributed by atoms with Crippen molar-refractivity contribution in [1.29, 1.82) is 0 Å². The second-order valence-electron chi connectivity index (χ2n) is 6.76. The molecule has 156 valence electrons. The molecule has 10 heteroatoms. The number of aromatic nitrogens is 3. The number of benzene rings is 1. The van der Waals surface area contributed by atoms with E-state index in [4.69, 9.17) is 21.4 Å². The number of aromatic amines is 1. The van der Waals surface area contributed by atoms with Crippen LogP contribution in [0.25, 0.3) is 0 Å². The van der Waals surface area contributed by atoms with Crippen molar-refractivity contribution < 1.29 is 18.7 Å². The fourth-order valence-corrected chi connectivity index (χ4v) is 4.39. The Labute approximate surface area is 182 Å². The molecule has 0 bridgehead atoms. The fraction of sp³-hybridized carbons (Fsp3) is 0.300. The van der Waals surface area contributed by atoms with E-state index in [1.807, 2.05) is 22.8 Å². The topological polar surface area (TPSA) is 102 Å². The average molecular weight is 445 g/mol. The third-order valence-corrected chi connectivity index (χ3v) is 6.10. The predicted octanol–water partition coefficient (Wildman–Crippen LogP) is 3.88. The van der Waals surface area contributed by atoms with Crippen molar-refractivity contribution >= 4 is 35.9 Å². The highest BCUT2D eigenvalue weighted by Gasteiger charge is 2.27. The first-order valence-corrected chi connectivity index (χ1v) is 10.8. The van der Waals surface area contributed by atoms with Crippen molar-refractivity contribution in [2.45, 2.75) is 36.1 Å². The molecule has 4 rings (SSSR count). The first-order valence-electron chi connectivity index (χ1n) is 9.39. The Morgan fingerprint density at radius 1 is 1.33 bits per heavy atom. The van der Waals surface area contributed by atoms with Gasteiger partial charge in [0.05, 0.1) is 31.2 Å². The number of ether oxygens (including phenoxy) is 1. The van der Waals surface area contributed by atoms with E-state index in [9.17, 15) is 9.59 Å². The molecule has 1 aliphatic rings. The number of H-pyrrole nitrogens is 1. The van der Waals surface area contributed by atoms with Gasteiger partial charge in [0.15, 0.2) is 10.6 Å². The summed E-state index contributed by atoms with van der Waals surface area (Å²) in [5.41, 5.74) is 0.926. The molecular formula is C20H20N4O4S2. The number of amides is 1. The zero-order valence-corrected chi connectivity index (χ0v) is 17.8. The molecule has 0 radical (unpaired) electrons. The Morgan fingerprint density at radius 3 is 2.90 bits per heavy atom. The highest BCUT2D eigenvalue weighted by atomic mass is 32.2. The number of hydrogen-bond donors (Lipinski definition) is 2. The predicted molar refractivity (Wildman–Crippen MR) is 113 cm³/mol. The van der Waals surface area contributed by atoms with Crippen LogP contribution in [0.1, 0.15) is 51.2 Å². The van der Waals surface area contributed by atoms with Crippen LogP contribution in [-0.4, -0.2) is 33.8 Å². The van der Waals surface area contributed by atoms with Crippen LogP contribution >= 0.6 is 24.0 Å². The van der Waals surface area contributed by atoms with E-state index in [1.54, 1.807) is 12.1 Å². The molecule has 0 aliphatic heterocycles. The third kappa shape index (κ3) is 4.34. The van der Waals surface area contributed by atoms with Gasteiger partial charge < -0.3 is 14.5 Å². The molecule has 1 fully saturated rings. The summed E-state index contributed by atoms with van der Waals surface area (Å²) in [6.07, 6.45) is 3.61. The molecule has 1 amide bonds. The van der Waals surface area contributed by atoms with Gasteiger partial charge in [0.1, 0.15) is 11.3 Å². The van der Waals surface area contributed by atoms with Gasteiger partial charge in [-0.25, -0.2) is 4.79 Å². The van der Waals surface area contributed by atoms with Crippen LogP contribution in [0.2, 0.25) is 0 Å². The molecule has 0 spiro atoms. The molecule has 0 unspecified atom stereocenters. The van der Waals surface area contributed by atoms with Crippen molar-refractivity contribution in [3.8, 4) is 0 Å². The summed E-state index contributed by atoms with van der Waals surface area (Å²) in [5.74, 6) is 0.958. The maximum Gasteiger partial charge on any atom is 0.341 e. The molecule has 0 atom stereocenters. The van der Waals surface area contributed by atoms with Gasteiger partial charge in [-0.2, -0.15) is 5.10 Å². The lowest BCUT2D eigenvalue weighted by Crippen LogP contribution is -2.25. The van der Waals surface area contributed by atoms with Crippen LogP contribution in [0.15, 0.2) is 45.9 Å². The average Bonchev–Trinajstić information content (AvgIpc) is 3.36. The molecular weight excluding hydrogens is 424 g/mol.